The van der Waals surface area contributed by atoms with Crippen molar-refractivity contribution in [3.63, 3.8) is 0 Å². The minimum atomic E-state index is -0.800. The van der Waals surface area contributed by atoms with Gasteiger partial charge in [0.15, 0.2) is 11.5 Å². The van der Waals surface area contributed by atoms with Gasteiger partial charge in [-0.1, -0.05) is 0 Å². The zero-order valence-corrected chi connectivity index (χ0v) is 10.8. The fraction of sp³-hybridized carbons (Fsp3) is 0.500. The maximum Gasteiger partial charge on any atom is 0.303 e. The number of hydrogen-bond donors (Lipinski definition) is 2. The van der Waals surface area contributed by atoms with E-state index in [1.54, 1.807) is 6.33 Å². The molecule has 2 aromatic heterocycles. The summed E-state index contributed by atoms with van der Waals surface area (Å²) in [5.74, 6) is -0.459. The number of hydrogen-bond acceptors (Lipinski definition) is 6. The topological polar surface area (TPSA) is 116 Å². The fourth-order valence-electron chi connectivity index (χ4n) is 2.47. The molecule has 1 aliphatic rings. The van der Waals surface area contributed by atoms with Gasteiger partial charge in [-0.05, 0) is 19.3 Å². The van der Waals surface area contributed by atoms with Gasteiger partial charge in [0.25, 0.3) is 0 Å². The van der Waals surface area contributed by atoms with Crippen LogP contribution in [0.15, 0.2) is 12.7 Å². The molecule has 2 atom stereocenters. The van der Waals surface area contributed by atoms with Gasteiger partial charge >= 0.3 is 5.97 Å². The van der Waals surface area contributed by atoms with E-state index in [9.17, 15) is 4.79 Å². The molecule has 0 bridgehead atoms. The Hall–Kier alpha value is -2.22. The van der Waals surface area contributed by atoms with Crippen molar-refractivity contribution in [1.82, 2.24) is 19.5 Å². The Morgan fingerprint density at radius 1 is 1.45 bits per heavy atom. The summed E-state index contributed by atoms with van der Waals surface area (Å²) in [5, 5.41) is 8.69. The summed E-state index contributed by atoms with van der Waals surface area (Å²) in [6.07, 6.45) is 5.11. The molecule has 8 heteroatoms. The minimum Gasteiger partial charge on any atom is -0.481 e. The number of rotatable bonds is 4. The van der Waals surface area contributed by atoms with Gasteiger partial charge in [-0.25, -0.2) is 15.0 Å². The van der Waals surface area contributed by atoms with Gasteiger partial charge in [0.1, 0.15) is 18.1 Å². The lowest BCUT2D eigenvalue weighted by molar-refractivity contribution is -0.138. The Morgan fingerprint density at radius 2 is 2.30 bits per heavy atom. The molecule has 1 aliphatic heterocycles. The SMILES string of the molecule is Nc1ncnc2c1ncn2[C@H]1CC[C@@H](CCC(=O)O)O1. The third kappa shape index (κ3) is 2.29. The van der Waals surface area contributed by atoms with E-state index in [2.05, 4.69) is 15.0 Å². The van der Waals surface area contributed by atoms with E-state index in [0.717, 1.165) is 12.8 Å². The van der Waals surface area contributed by atoms with Crippen LogP contribution in [0.5, 0.6) is 0 Å². The van der Waals surface area contributed by atoms with Crippen LogP contribution in [0, 0.1) is 0 Å². The van der Waals surface area contributed by atoms with E-state index in [1.807, 2.05) is 4.57 Å². The Bertz CT molecular complexity index is 641. The first kappa shape index (κ1) is 12.8. The van der Waals surface area contributed by atoms with Crippen LogP contribution < -0.4 is 5.73 Å². The first-order valence-electron chi connectivity index (χ1n) is 6.45. The molecule has 1 saturated heterocycles. The standard InChI is InChI=1S/C12H15N5O3/c13-11-10-12(15-5-14-11)17(6-16-10)8-3-1-7(20-8)2-4-9(18)19/h5-8H,1-4H2,(H,18,19)(H2,13,14,15)/t7-,8+/m0/s1. The highest BCUT2D eigenvalue weighted by atomic mass is 16.5. The highest BCUT2D eigenvalue weighted by molar-refractivity contribution is 5.81. The molecule has 0 radical (unpaired) electrons. The average Bonchev–Trinajstić information content (AvgIpc) is 3.02. The molecule has 1 fully saturated rings. The molecule has 2 aromatic rings. The summed E-state index contributed by atoms with van der Waals surface area (Å²) >= 11 is 0. The second kappa shape index (κ2) is 5.04. The minimum absolute atomic E-state index is 0.0345. The van der Waals surface area contributed by atoms with E-state index < -0.39 is 5.97 Å². The van der Waals surface area contributed by atoms with Crippen molar-refractivity contribution in [2.24, 2.45) is 0 Å². The van der Waals surface area contributed by atoms with Crippen LogP contribution in [0.2, 0.25) is 0 Å². The zero-order chi connectivity index (χ0) is 14.1. The largest absolute Gasteiger partial charge is 0.481 e. The van der Waals surface area contributed by atoms with Crippen LogP contribution in [-0.4, -0.2) is 36.7 Å². The van der Waals surface area contributed by atoms with Gasteiger partial charge in [-0.15, -0.1) is 0 Å². The smallest absolute Gasteiger partial charge is 0.303 e. The number of anilines is 1. The van der Waals surface area contributed by atoms with E-state index >= 15 is 0 Å². The Balaban J connectivity index is 1.76. The summed E-state index contributed by atoms with van der Waals surface area (Å²) in [6.45, 7) is 0. The number of aromatic nitrogens is 4. The monoisotopic (exact) mass is 277 g/mol. The highest BCUT2D eigenvalue weighted by Gasteiger charge is 2.28. The van der Waals surface area contributed by atoms with Gasteiger partial charge in [-0.3, -0.25) is 9.36 Å². The van der Waals surface area contributed by atoms with Crippen molar-refractivity contribution in [3.8, 4) is 0 Å². The molecule has 3 N–H and O–H groups in total. The van der Waals surface area contributed by atoms with Crippen LogP contribution in [0.3, 0.4) is 0 Å². The first-order chi connectivity index (χ1) is 9.65. The normalized spacial score (nSPS) is 22.4. The van der Waals surface area contributed by atoms with Gasteiger partial charge in [0, 0.05) is 6.42 Å². The van der Waals surface area contributed by atoms with Gasteiger partial charge in [-0.2, -0.15) is 0 Å². The summed E-state index contributed by atoms with van der Waals surface area (Å²) in [6, 6.07) is 0. The van der Waals surface area contributed by atoms with Crippen LogP contribution in [0.1, 0.15) is 31.9 Å². The molecule has 0 aliphatic carbocycles. The second-order valence-corrected chi connectivity index (χ2v) is 4.81. The summed E-state index contributed by atoms with van der Waals surface area (Å²) < 4.78 is 7.69. The number of nitrogens with two attached hydrogens (primary N) is 1. The van der Waals surface area contributed by atoms with Crippen LogP contribution in [0.25, 0.3) is 11.2 Å². The molecule has 0 aromatic carbocycles. The second-order valence-electron chi connectivity index (χ2n) is 4.81. The van der Waals surface area contributed by atoms with Crippen LogP contribution in [-0.2, 0) is 9.53 Å². The zero-order valence-electron chi connectivity index (χ0n) is 10.8. The molecule has 0 unspecified atom stereocenters. The maximum absolute atomic E-state index is 10.6. The van der Waals surface area contributed by atoms with Crippen LogP contribution in [0.4, 0.5) is 5.82 Å². The molecular weight excluding hydrogens is 262 g/mol. The third-order valence-corrected chi connectivity index (χ3v) is 3.46. The predicted molar refractivity (Wildman–Crippen MR) is 69.7 cm³/mol. The summed E-state index contributed by atoms with van der Waals surface area (Å²) in [4.78, 5) is 22.9. The molecule has 20 heavy (non-hydrogen) atoms. The lowest BCUT2D eigenvalue weighted by Crippen LogP contribution is -2.12. The van der Waals surface area contributed by atoms with Crippen molar-refractivity contribution < 1.29 is 14.6 Å². The van der Waals surface area contributed by atoms with Crippen molar-refractivity contribution in [3.05, 3.63) is 12.7 Å². The van der Waals surface area contributed by atoms with Crippen molar-refractivity contribution in [2.45, 2.75) is 38.0 Å². The number of carboxylic acid groups (broad SMARTS) is 1. The van der Waals surface area contributed by atoms with Crippen LogP contribution >= 0.6 is 0 Å². The molecule has 3 heterocycles. The first-order valence-corrected chi connectivity index (χ1v) is 6.45. The summed E-state index contributed by atoms with van der Waals surface area (Å²) in [7, 11) is 0. The fourth-order valence-corrected chi connectivity index (χ4v) is 2.47. The van der Waals surface area contributed by atoms with Crippen molar-refractivity contribution in [1.29, 1.82) is 0 Å². The molecule has 8 nitrogen and oxygen atoms in total. The average molecular weight is 277 g/mol. The van der Waals surface area contributed by atoms with E-state index in [1.165, 1.54) is 6.33 Å². The third-order valence-electron chi connectivity index (χ3n) is 3.46. The Labute approximate surface area is 114 Å². The summed E-state index contributed by atoms with van der Waals surface area (Å²) in [5.41, 5.74) is 6.94. The molecule has 0 amide bonds. The maximum atomic E-state index is 10.6. The number of imidazole rings is 1. The van der Waals surface area contributed by atoms with Gasteiger partial charge in [0.2, 0.25) is 0 Å². The van der Waals surface area contributed by atoms with Crippen molar-refractivity contribution >= 4 is 23.0 Å². The molecule has 3 rings (SSSR count). The lowest BCUT2D eigenvalue weighted by atomic mass is 10.1. The number of aliphatic carboxylic acids is 1. The molecule has 106 valence electrons. The van der Waals surface area contributed by atoms with Gasteiger partial charge in [0.05, 0.1) is 12.4 Å². The lowest BCUT2D eigenvalue weighted by Gasteiger charge is -2.14. The Morgan fingerprint density at radius 3 is 3.10 bits per heavy atom. The number of carboxylic acids is 1. The molecular formula is C12H15N5O3. The Kier molecular flexibility index (Phi) is 3.23. The number of carbonyl (C=O) groups is 1. The molecule has 0 saturated carbocycles. The number of nitrogen functional groups attached to an aromatic ring is 1. The number of ether oxygens (including phenoxy) is 1. The van der Waals surface area contributed by atoms with Crippen molar-refractivity contribution in [2.75, 3.05) is 5.73 Å². The van der Waals surface area contributed by atoms with E-state index in [0.29, 0.717) is 23.4 Å². The highest BCUT2D eigenvalue weighted by Crippen LogP contribution is 2.32. The predicted octanol–water partition coefficient (Wildman–Crippen LogP) is 0.951. The number of nitrogens with zero attached hydrogens (tertiary/aromatic N) is 4. The number of fused-ring (bicyclic) bond motifs is 1. The van der Waals surface area contributed by atoms with Gasteiger partial charge < -0.3 is 15.6 Å². The quantitative estimate of drug-likeness (QED) is 0.854. The molecule has 0 spiro atoms. The van der Waals surface area contributed by atoms with E-state index in [4.69, 9.17) is 15.6 Å². The van der Waals surface area contributed by atoms with E-state index in [-0.39, 0.29) is 18.8 Å².